The van der Waals surface area contributed by atoms with Gasteiger partial charge in [-0.15, -0.1) is 0 Å². The minimum absolute atomic E-state index is 0.261. The van der Waals surface area contributed by atoms with E-state index < -0.39 is 12.8 Å². The quantitative estimate of drug-likeness (QED) is 0.567. The predicted octanol–water partition coefficient (Wildman–Crippen LogP) is 1.50. The first-order chi connectivity index (χ1) is 6.58. The summed E-state index contributed by atoms with van der Waals surface area (Å²) in [4.78, 5) is 4.27. The molecular weight excluding hydrogens is 199 g/mol. The normalized spacial score (nSPS) is 23.8. The molecule has 14 heavy (non-hydrogen) atoms. The molecular formula is C8H14F3NO2. The molecule has 1 N–H and O–H groups in total. The summed E-state index contributed by atoms with van der Waals surface area (Å²) < 4.78 is 40.1. The van der Waals surface area contributed by atoms with Crippen LogP contribution in [0.15, 0.2) is 0 Å². The Morgan fingerprint density at radius 1 is 1.43 bits per heavy atom. The van der Waals surface area contributed by atoms with Crippen LogP contribution in [0.1, 0.15) is 12.8 Å². The maximum atomic E-state index is 11.6. The van der Waals surface area contributed by atoms with Crippen LogP contribution in [-0.4, -0.2) is 32.5 Å². The lowest BCUT2D eigenvalue weighted by molar-refractivity contribution is -0.190. The van der Waals surface area contributed by atoms with E-state index in [4.69, 9.17) is 4.74 Å². The first kappa shape index (κ1) is 11.7. The Balaban J connectivity index is 1.97. The summed E-state index contributed by atoms with van der Waals surface area (Å²) in [5.74, 6) is 0.261. The zero-order chi connectivity index (χ0) is 10.4. The number of rotatable bonds is 4. The molecule has 3 nitrogen and oxygen atoms in total. The summed E-state index contributed by atoms with van der Waals surface area (Å²) in [6.45, 7) is 0.513. The molecule has 0 spiro atoms. The summed E-state index contributed by atoms with van der Waals surface area (Å²) in [7, 11) is 0. The van der Waals surface area contributed by atoms with Gasteiger partial charge in [0.1, 0.15) is 0 Å². The average Bonchev–Trinajstić information content (AvgIpc) is 2.13. The van der Waals surface area contributed by atoms with E-state index in [2.05, 4.69) is 10.3 Å². The Labute approximate surface area is 80.5 Å². The van der Waals surface area contributed by atoms with E-state index >= 15 is 0 Å². The van der Waals surface area contributed by atoms with Crippen molar-refractivity contribution < 1.29 is 22.7 Å². The van der Waals surface area contributed by atoms with Gasteiger partial charge in [0, 0.05) is 13.2 Å². The molecule has 1 rings (SSSR count). The number of ether oxygens (including phenoxy) is 1. The Morgan fingerprint density at radius 3 is 2.79 bits per heavy atom. The third-order valence-electron chi connectivity index (χ3n) is 1.96. The third-order valence-corrected chi connectivity index (χ3v) is 1.96. The van der Waals surface area contributed by atoms with Gasteiger partial charge < -0.3 is 4.74 Å². The summed E-state index contributed by atoms with van der Waals surface area (Å²) in [5.41, 5.74) is 2.31. The monoisotopic (exact) mass is 213 g/mol. The molecule has 0 amide bonds. The smallest absolute Gasteiger partial charge is 0.381 e. The molecule has 0 aromatic heterocycles. The van der Waals surface area contributed by atoms with Crippen molar-refractivity contribution in [1.29, 1.82) is 0 Å². The Kier molecular flexibility index (Phi) is 4.64. The molecule has 0 bridgehead atoms. The van der Waals surface area contributed by atoms with Crippen molar-refractivity contribution in [3.63, 3.8) is 0 Å². The highest BCUT2D eigenvalue weighted by Crippen LogP contribution is 2.14. The number of halogens is 3. The van der Waals surface area contributed by atoms with Gasteiger partial charge in [0.15, 0.2) is 6.61 Å². The van der Waals surface area contributed by atoms with Crippen molar-refractivity contribution in [1.82, 2.24) is 5.48 Å². The Morgan fingerprint density at radius 2 is 2.21 bits per heavy atom. The summed E-state index contributed by atoms with van der Waals surface area (Å²) in [6, 6.07) is 0. The molecule has 84 valence electrons. The second-order valence-corrected chi connectivity index (χ2v) is 3.34. The van der Waals surface area contributed by atoms with Gasteiger partial charge in [0.25, 0.3) is 0 Å². The SMILES string of the molecule is FC(F)(F)CONCC1CCCOC1. The van der Waals surface area contributed by atoms with Gasteiger partial charge >= 0.3 is 6.18 Å². The van der Waals surface area contributed by atoms with Crippen LogP contribution in [0.4, 0.5) is 13.2 Å². The lowest BCUT2D eigenvalue weighted by atomic mass is 10.0. The van der Waals surface area contributed by atoms with Gasteiger partial charge in [-0.25, -0.2) is 5.48 Å². The van der Waals surface area contributed by atoms with Crippen molar-refractivity contribution in [2.24, 2.45) is 5.92 Å². The summed E-state index contributed by atoms with van der Waals surface area (Å²) >= 11 is 0. The van der Waals surface area contributed by atoms with Crippen LogP contribution in [0.25, 0.3) is 0 Å². The third kappa shape index (κ3) is 5.41. The minimum atomic E-state index is -4.27. The lowest BCUT2D eigenvalue weighted by Crippen LogP contribution is -2.32. The van der Waals surface area contributed by atoms with Gasteiger partial charge in [-0.2, -0.15) is 13.2 Å². The topological polar surface area (TPSA) is 30.5 Å². The highest BCUT2D eigenvalue weighted by atomic mass is 19.4. The number of hydrogen-bond donors (Lipinski definition) is 1. The molecule has 1 saturated heterocycles. The summed E-state index contributed by atoms with van der Waals surface area (Å²) in [5, 5.41) is 0. The number of hydroxylamine groups is 1. The molecule has 1 heterocycles. The zero-order valence-corrected chi connectivity index (χ0v) is 7.77. The number of hydrogen-bond acceptors (Lipinski definition) is 3. The van der Waals surface area contributed by atoms with Gasteiger partial charge in [-0.05, 0) is 18.8 Å². The highest BCUT2D eigenvalue weighted by molar-refractivity contribution is 4.63. The van der Waals surface area contributed by atoms with Crippen molar-refractivity contribution in [3.8, 4) is 0 Å². The molecule has 0 aromatic carbocycles. The van der Waals surface area contributed by atoms with Crippen LogP contribution in [0, 0.1) is 5.92 Å². The number of nitrogens with one attached hydrogen (secondary N) is 1. The predicted molar refractivity (Wildman–Crippen MR) is 43.6 cm³/mol. The van der Waals surface area contributed by atoms with E-state index in [-0.39, 0.29) is 5.92 Å². The molecule has 1 aliphatic rings. The van der Waals surface area contributed by atoms with Crippen LogP contribution in [0.2, 0.25) is 0 Å². The average molecular weight is 213 g/mol. The molecule has 0 aliphatic carbocycles. The van der Waals surface area contributed by atoms with Gasteiger partial charge in [-0.1, -0.05) is 0 Å². The van der Waals surface area contributed by atoms with E-state index in [1.165, 1.54) is 0 Å². The van der Waals surface area contributed by atoms with Crippen LogP contribution >= 0.6 is 0 Å². The number of alkyl halides is 3. The molecule has 1 aliphatic heterocycles. The molecule has 6 heteroatoms. The maximum absolute atomic E-state index is 11.6. The van der Waals surface area contributed by atoms with Crippen LogP contribution in [0.3, 0.4) is 0 Å². The largest absolute Gasteiger partial charge is 0.413 e. The Hall–Kier alpha value is -0.330. The van der Waals surface area contributed by atoms with Crippen LogP contribution < -0.4 is 5.48 Å². The highest BCUT2D eigenvalue weighted by Gasteiger charge is 2.27. The lowest BCUT2D eigenvalue weighted by Gasteiger charge is -2.22. The molecule has 1 fully saturated rings. The fourth-order valence-corrected chi connectivity index (χ4v) is 1.28. The summed E-state index contributed by atoms with van der Waals surface area (Å²) in [6.07, 6.45) is -2.33. The van der Waals surface area contributed by atoms with E-state index in [1.54, 1.807) is 0 Å². The fourth-order valence-electron chi connectivity index (χ4n) is 1.28. The molecule has 1 unspecified atom stereocenters. The van der Waals surface area contributed by atoms with Crippen molar-refractivity contribution in [3.05, 3.63) is 0 Å². The van der Waals surface area contributed by atoms with Crippen LogP contribution in [0.5, 0.6) is 0 Å². The minimum Gasteiger partial charge on any atom is -0.381 e. The standard InChI is InChI=1S/C8H14F3NO2/c9-8(10,11)6-14-12-4-7-2-1-3-13-5-7/h7,12H,1-6H2. The van der Waals surface area contributed by atoms with Gasteiger partial charge in [0.2, 0.25) is 0 Å². The Bertz CT molecular complexity index is 157. The molecule has 0 aromatic rings. The first-order valence-corrected chi connectivity index (χ1v) is 4.57. The van der Waals surface area contributed by atoms with Crippen LogP contribution in [-0.2, 0) is 9.57 Å². The zero-order valence-electron chi connectivity index (χ0n) is 7.77. The van der Waals surface area contributed by atoms with Gasteiger partial charge in [0.05, 0.1) is 6.61 Å². The maximum Gasteiger partial charge on any atom is 0.413 e. The second-order valence-electron chi connectivity index (χ2n) is 3.34. The molecule has 1 atom stereocenters. The van der Waals surface area contributed by atoms with E-state index in [0.29, 0.717) is 13.2 Å². The van der Waals surface area contributed by atoms with Crippen molar-refractivity contribution in [2.75, 3.05) is 26.4 Å². The van der Waals surface area contributed by atoms with Crippen molar-refractivity contribution >= 4 is 0 Å². The van der Waals surface area contributed by atoms with E-state index in [9.17, 15) is 13.2 Å². The van der Waals surface area contributed by atoms with Gasteiger partial charge in [-0.3, -0.25) is 4.84 Å². The van der Waals surface area contributed by atoms with Crippen molar-refractivity contribution in [2.45, 2.75) is 19.0 Å². The second kappa shape index (κ2) is 5.53. The molecule has 0 saturated carbocycles. The molecule has 0 radical (unpaired) electrons. The van der Waals surface area contributed by atoms with E-state index in [0.717, 1.165) is 19.4 Å². The first-order valence-electron chi connectivity index (χ1n) is 4.57. The van der Waals surface area contributed by atoms with E-state index in [1.807, 2.05) is 0 Å². The fraction of sp³-hybridized carbons (Fsp3) is 1.00.